The van der Waals surface area contributed by atoms with Gasteiger partial charge in [0.15, 0.2) is 0 Å². The van der Waals surface area contributed by atoms with E-state index in [9.17, 15) is 13.7 Å². The van der Waals surface area contributed by atoms with Crippen molar-refractivity contribution in [3.63, 3.8) is 0 Å². The number of unbranched alkanes of at least 4 members (excludes halogenated alkanes) is 1. The normalized spacial score (nSPS) is 18.4. The number of H-pyrrole nitrogens is 1. The molecule has 0 spiro atoms. The van der Waals surface area contributed by atoms with Gasteiger partial charge in [0.1, 0.15) is 18.5 Å². The molecule has 2 aromatic rings. The average molecular weight is 447 g/mol. The lowest BCUT2D eigenvalue weighted by molar-refractivity contribution is -0.0358. The Hall–Kier alpha value is -2.06. The zero-order chi connectivity index (χ0) is 21.9. The van der Waals surface area contributed by atoms with E-state index in [1.165, 1.54) is 4.31 Å². The van der Waals surface area contributed by atoms with E-state index < -0.39 is 10.2 Å². The van der Waals surface area contributed by atoms with E-state index in [0.29, 0.717) is 19.8 Å². The maximum atomic E-state index is 13.5. The quantitative estimate of drug-likeness (QED) is 0.395. The minimum Gasteiger partial charge on any atom is -0.378 e. The third-order valence-corrected chi connectivity index (χ3v) is 8.50. The molecule has 1 aliphatic carbocycles. The highest BCUT2D eigenvalue weighted by molar-refractivity contribution is 7.86. The number of nitrogens with one attached hydrogen (secondary N) is 1. The van der Waals surface area contributed by atoms with Crippen molar-refractivity contribution < 1.29 is 13.2 Å². The van der Waals surface area contributed by atoms with Crippen LogP contribution in [0.15, 0.2) is 18.6 Å². The molecule has 2 aromatic heterocycles. The second-order valence-electron chi connectivity index (χ2n) is 8.47. The molecule has 2 aliphatic rings. The predicted octanol–water partition coefficient (Wildman–Crippen LogP) is 2.38. The second kappa shape index (κ2) is 9.20. The molecule has 1 aliphatic heterocycles. The van der Waals surface area contributed by atoms with Crippen molar-refractivity contribution in [1.82, 2.24) is 23.6 Å². The summed E-state index contributed by atoms with van der Waals surface area (Å²) in [7, 11) is -3.71. The van der Waals surface area contributed by atoms with Crippen molar-refractivity contribution in [3.8, 4) is 6.07 Å². The number of aryl methyl sites for hydroxylation is 1. The van der Waals surface area contributed by atoms with Gasteiger partial charge >= 0.3 is 0 Å². The number of fused-ring (bicyclic) bond motifs is 1. The summed E-state index contributed by atoms with van der Waals surface area (Å²) in [5, 5.41) is 10.3. The molecule has 31 heavy (non-hydrogen) atoms. The van der Waals surface area contributed by atoms with Crippen LogP contribution in [0.5, 0.6) is 0 Å². The molecule has 0 aromatic carbocycles. The zero-order valence-corrected chi connectivity index (χ0v) is 18.8. The van der Waals surface area contributed by atoms with Gasteiger partial charge in [-0.15, -0.1) is 0 Å². The Labute approximate surface area is 183 Å². The number of aromatic nitrogens is 3. The summed E-state index contributed by atoms with van der Waals surface area (Å²) in [5.74, 6) is 0. The number of ether oxygens (including phenoxy) is 1. The molecular formula is C21H30N6O3S. The Kier molecular flexibility index (Phi) is 6.57. The van der Waals surface area contributed by atoms with Crippen molar-refractivity contribution in [2.75, 3.05) is 26.3 Å². The first-order valence-electron chi connectivity index (χ1n) is 11.0. The molecule has 3 heterocycles. The number of aromatic amines is 1. The van der Waals surface area contributed by atoms with E-state index in [1.54, 1.807) is 10.6 Å². The summed E-state index contributed by atoms with van der Waals surface area (Å²) in [5.41, 5.74) is 1.56. The monoisotopic (exact) mass is 446 g/mol. The molecule has 0 radical (unpaired) electrons. The molecule has 0 amide bonds. The van der Waals surface area contributed by atoms with Gasteiger partial charge in [0.05, 0.1) is 31.0 Å². The van der Waals surface area contributed by atoms with Gasteiger partial charge in [-0.05, 0) is 44.6 Å². The summed E-state index contributed by atoms with van der Waals surface area (Å²) in [6.45, 7) is 3.07. The van der Waals surface area contributed by atoms with Gasteiger partial charge in [-0.1, -0.05) is 13.3 Å². The molecule has 4 rings (SSSR count). The van der Waals surface area contributed by atoms with Crippen LogP contribution in [0.3, 0.4) is 0 Å². The van der Waals surface area contributed by atoms with Crippen LogP contribution in [0, 0.1) is 11.3 Å². The van der Waals surface area contributed by atoms with E-state index >= 15 is 0 Å². The molecule has 1 saturated heterocycles. The van der Waals surface area contributed by atoms with E-state index in [1.807, 2.05) is 25.3 Å². The second-order valence-corrected chi connectivity index (χ2v) is 10.3. The summed E-state index contributed by atoms with van der Waals surface area (Å²) < 4.78 is 35.3. The fraction of sp³-hybridized carbons (Fsp3) is 0.667. The maximum absolute atomic E-state index is 13.5. The van der Waals surface area contributed by atoms with Crippen LogP contribution in [-0.4, -0.2) is 69.9 Å². The molecule has 0 bridgehead atoms. The van der Waals surface area contributed by atoms with Crippen LogP contribution < -0.4 is 0 Å². The topological polar surface area (TPSA) is 115 Å². The molecular weight excluding hydrogens is 416 g/mol. The zero-order valence-electron chi connectivity index (χ0n) is 18.0. The summed E-state index contributed by atoms with van der Waals surface area (Å²) in [6.07, 6.45) is 9.49. The van der Waals surface area contributed by atoms with Crippen LogP contribution in [-0.2, 0) is 21.4 Å². The van der Waals surface area contributed by atoms with Crippen molar-refractivity contribution in [3.05, 3.63) is 24.3 Å². The smallest absolute Gasteiger partial charge is 0.283 e. The predicted molar refractivity (Wildman–Crippen MR) is 116 cm³/mol. The van der Waals surface area contributed by atoms with Gasteiger partial charge in [-0.25, -0.2) is 9.97 Å². The fourth-order valence-corrected chi connectivity index (χ4v) is 6.57. The van der Waals surface area contributed by atoms with E-state index in [-0.39, 0.29) is 18.1 Å². The van der Waals surface area contributed by atoms with Gasteiger partial charge < -0.3 is 9.72 Å². The molecule has 0 unspecified atom stereocenters. The molecule has 1 N–H and O–H groups in total. The maximum Gasteiger partial charge on any atom is 0.283 e. The molecule has 1 saturated carbocycles. The van der Waals surface area contributed by atoms with Crippen molar-refractivity contribution in [1.29, 1.82) is 5.26 Å². The van der Waals surface area contributed by atoms with Gasteiger partial charge in [-0.2, -0.15) is 22.3 Å². The Morgan fingerprint density at radius 2 is 2.13 bits per heavy atom. The van der Waals surface area contributed by atoms with Gasteiger partial charge in [-0.3, -0.25) is 0 Å². The largest absolute Gasteiger partial charge is 0.378 e. The molecule has 2 fully saturated rings. The van der Waals surface area contributed by atoms with Crippen LogP contribution >= 0.6 is 0 Å². The Morgan fingerprint density at radius 3 is 2.77 bits per heavy atom. The summed E-state index contributed by atoms with van der Waals surface area (Å²) in [4.78, 5) is 11.8. The van der Waals surface area contributed by atoms with Crippen LogP contribution in [0.1, 0.15) is 51.1 Å². The SMILES string of the molecule is CCCN(C1(CCCCc2ncnc3[nH]ccc23)CC1)S(=O)(=O)N(CC#N)C1COC1. The highest BCUT2D eigenvalue weighted by Crippen LogP contribution is 2.48. The highest BCUT2D eigenvalue weighted by atomic mass is 32.2. The Morgan fingerprint density at radius 1 is 1.32 bits per heavy atom. The van der Waals surface area contributed by atoms with Crippen molar-refractivity contribution in [2.45, 2.75) is 63.5 Å². The molecule has 0 atom stereocenters. The summed E-state index contributed by atoms with van der Waals surface area (Å²) in [6, 6.07) is 3.79. The third-order valence-electron chi connectivity index (χ3n) is 6.35. The fourth-order valence-electron chi connectivity index (χ4n) is 4.43. The lowest BCUT2D eigenvalue weighted by Gasteiger charge is -2.40. The molecule has 168 valence electrons. The molecule has 9 nitrogen and oxygen atoms in total. The van der Waals surface area contributed by atoms with Gasteiger partial charge in [0.2, 0.25) is 0 Å². The van der Waals surface area contributed by atoms with Crippen LogP contribution in [0.4, 0.5) is 0 Å². The first kappa shape index (κ1) is 22.1. The van der Waals surface area contributed by atoms with E-state index in [0.717, 1.165) is 61.7 Å². The van der Waals surface area contributed by atoms with E-state index in [2.05, 4.69) is 15.0 Å². The van der Waals surface area contributed by atoms with Gasteiger partial charge in [0, 0.05) is 23.7 Å². The van der Waals surface area contributed by atoms with Gasteiger partial charge in [0.25, 0.3) is 10.2 Å². The number of hydrogen-bond donors (Lipinski definition) is 1. The van der Waals surface area contributed by atoms with E-state index in [4.69, 9.17) is 4.74 Å². The van der Waals surface area contributed by atoms with Crippen LogP contribution in [0.2, 0.25) is 0 Å². The first-order valence-corrected chi connectivity index (χ1v) is 12.4. The Bertz CT molecular complexity index is 1040. The van der Waals surface area contributed by atoms with Crippen molar-refractivity contribution in [2.24, 2.45) is 0 Å². The lowest BCUT2D eigenvalue weighted by atomic mass is 10.0. The number of nitriles is 1. The standard InChI is InChI=1S/C21H30N6O3S/c1-2-12-27(31(28,29)26(13-10-22)17-14-30-15-17)21(8-9-21)7-4-3-5-19-18-6-11-23-20(18)25-16-24-19/h6,11,16-17H,2-5,7-9,12-15H2,1H3,(H,23,24,25). The first-order chi connectivity index (χ1) is 15.0. The molecule has 10 heteroatoms. The summed E-state index contributed by atoms with van der Waals surface area (Å²) >= 11 is 0. The lowest BCUT2D eigenvalue weighted by Crippen LogP contribution is -2.58. The number of hydrogen-bond acceptors (Lipinski definition) is 6. The minimum absolute atomic E-state index is 0.132. The van der Waals surface area contributed by atoms with Crippen molar-refractivity contribution >= 4 is 21.2 Å². The highest BCUT2D eigenvalue weighted by Gasteiger charge is 2.54. The third kappa shape index (κ3) is 4.46. The number of rotatable bonds is 12. The minimum atomic E-state index is -3.71. The Balaban J connectivity index is 1.41. The average Bonchev–Trinajstić information content (AvgIpc) is 3.33. The number of nitrogens with zero attached hydrogens (tertiary/aromatic N) is 5. The van der Waals surface area contributed by atoms with Crippen LogP contribution in [0.25, 0.3) is 11.0 Å².